The zero-order chi connectivity index (χ0) is 11.2. The summed E-state index contributed by atoms with van der Waals surface area (Å²) in [6.45, 7) is 2.72. The van der Waals surface area contributed by atoms with Gasteiger partial charge in [-0.3, -0.25) is 0 Å². The quantitative estimate of drug-likeness (QED) is 0.777. The molecule has 2 nitrogen and oxygen atoms in total. The van der Waals surface area contributed by atoms with E-state index >= 15 is 0 Å². The molecule has 1 heterocycles. The summed E-state index contributed by atoms with van der Waals surface area (Å²) in [7, 11) is 1.73. The van der Waals surface area contributed by atoms with Crippen LogP contribution in [0.15, 0.2) is 29.6 Å². The molecule has 2 aromatic rings. The SMILES string of the molecule is COCCNCCc1cccc2ccsc12. The van der Waals surface area contributed by atoms with Crippen molar-refractivity contribution in [3.05, 3.63) is 35.2 Å². The molecule has 0 aliphatic rings. The molecule has 0 spiro atoms. The normalized spacial score (nSPS) is 11.1. The van der Waals surface area contributed by atoms with E-state index in [9.17, 15) is 0 Å². The number of thiophene rings is 1. The first-order chi connectivity index (χ1) is 7.92. The van der Waals surface area contributed by atoms with Gasteiger partial charge in [-0.25, -0.2) is 0 Å². The second-order valence-electron chi connectivity index (χ2n) is 3.75. The van der Waals surface area contributed by atoms with E-state index in [0.717, 1.165) is 26.1 Å². The second kappa shape index (κ2) is 5.99. The lowest BCUT2D eigenvalue weighted by atomic mass is 10.1. The fourth-order valence-electron chi connectivity index (χ4n) is 1.77. The fraction of sp³-hybridized carbons (Fsp3) is 0.385. The standard InChI is InChI=1S/C13H17NOS/c1-15-9-8-14-7-5-11-3-2-4-12-6-10-16-13(11)12/h2-4,6,10,14H,5,7-9H2,1H3. The van der Waals surface area contributed by atoms with Crippen LogP contribution < -0.4 is 5.32 Å². The van der Waals surface area contributed by atoms with Gasteiger partial charge in [-0.2, -0.15) is 0 Å². The van der Waals surface area contributed by atoms with Crippen molar-refractivity contribution < 1.29 is 4.74 Å². The lowest BCUT2D eigenvalue weighted by molar-refractivity contribution is 0.199. The largest absolute Gasteiger partial charge is 0.383 e. The van der Waals surface area contributed by atoms with Gasteiger partial charge in [0.05, 0.1) is 6.61 Å². The summed E-state index contributed by atoms with van der Waals surface area (Å²) in [6, 6.07) is 8.71. The monoisotopic (exact) mass is 235 g/mol. The van der Waals surface area contributed by atoms with Crippen LogP contribution in [0.2, 0.25) is 0 Å². The predicted octanol–water partition coefficient (Wildman–Crippen LogP) is 2.68. The third kappa shape index (κ3) is 2.82. The van der Waals surface area contributed by atoms with E-state index < -0.39 is 0 Å². The first-order valence-electron chi connectivity index (χ1n) is 5.56. The van der Waals surface area contributed by atoms with E-state index in [-0.39, 0.29) is 0 Å². The van der Waals surface area contributed by atoms with E-state index in [1.54, 1.807) is 7.11 Å². The van der Waals surface area contributed by atoms with Crippen molar-refractivity contribution in [3.8, 4) is 0 Å². The Kier molecular flexibility index (Phi) is 4.34. The number of hydrogen-bond donors (Lipinski definition) is 1. The lowest BCUT2D eigenvalue weighted by Crippen LogP contribution is -2.21. The third-order valence-corrected chi connectivity index (χ3v) is 3.62. The smallest absolute Gasteiger partial charge is 0.0587 e. The van der Waals surface area contributed by atoms with E-state index in [2.05, 4.69) is 35.0 Å². The van der Waals surface area contributed by atoms with Crippen LogP contribution in [0.5, 0.6) is 0 Å². The molecule has 86 valence electrons. The zero-order valence-corrected chi connectivity index (χ0v) is 10.3. The molecule has 0 saturated carbocycles. The average molecular weight is 235 g/mol. The van der Waals surface area contributed by atoms with Gasteiger partial charge in [0.1, 0.15) is 0 Å². The Morgan fingerprint density at radius 2 is 2.19 bits per heavy atom. The van der Waals surface area contributed by atoms with E-state index in [4.69, 9.17) is 4.74 Å². The van der Waals surface area contributed by atoms with Gasteiger partial charge in [-0.15, -0.1) is 11.3 Å². The van der Waals surface area contributed by atoms with Crippen molar-refractivity contribution >= 4 is 21.4 Å². The van der Waals surface area contributed by atoms with Crippen molar-refractivity contribution in [3.63, 3.8) is 0 Å². The van der Waals surface area contributed by atoms with Crippen LogP contribution in [-0.4, -0.2) is 26.8 Å². The summed E-state index contributed by atoms with van der Waals surface area (Å²) in [6.07, 6.45) is 1.08. The molecule has 1 aromatic heterocycles. The van der Waals surface area contributed by atoms with E-state index in [1.165, 1.54) is 15.6 Å². The Bertz CT molecular complexity index is 438. The number of benzene rings is 1. The van der Waals surface area contributed by atoms with E-state index in [0.29, 0.717) is 0 Å². The van der Waals surface area contributed by atoms with Crippen molar-refractivity contribution in [2.75, 3.05) is 26.8 Å². The van der Waals surface area contributed by atoms with Crippen LogP contribution in [0.3, 0.4) is 0 Å². The topological polar surface area (TPSA) is 21.3 Å². The van der Waals surface area contributed by atoms with Gasteiger partial charge in [0.25, 0.3) is 0 Å². The highest BCUT2D eigenvalue weighted by Gasteiger charge is 2.01. The number of ether oxygens (including phenoxy) is 1. The molecule has 0 radical (unpaired) electrons. The molecule has 0 bridgehead atoms. The first kappa shape index (κ1) is 11.6. The predicted molar refractivity (Wildman–Crippen MR) is 70.3 cm³/mol. The Morgan fingerprint density at radius 1 is 1.25 bits per heavy atom. The zero-order valence-electron chi connectivity index (χ0n) is 9.53. The summed E-state index contributed by atoms with van der Waals surface area (Å²) in [5.74, 6) is 0. The van der Waals surface area contributed by atoms with Gasteiger partial charge in [-0.05, 0) is 35.4 Å². The van der Waals surface area contributed by atoms with Crippen LogP contribution >= 0.6 is 11.3 Å². The molecule has 0 aliphatic heterocycles. The first-order valence-corrected chi connectivity index (χ1v) is 6.44. The summed E-state index contributed by atoms with van der Waals surface area (Å²) >= 11 is 1.83. The molecule has 0 saturated heterocycles. The van der Waals surface area contributed by atoms with Gasteiger partial charge >= 0.3 is 0 Å². The molecule has 3 heteroatoms. The van der Waals surface area contributed by atoms with Gasteiger partial charge in [0.15, 0.2) is 0 Å². The van der Waals surface area contributed by atoms with Gasteiger partial charge < -0.3 is 10.1 Å². The number of fused-ring (bicyclic) bond motifs is 1. The molecule has 0 fully saturated rings. The van der Waals surface area contributed by atoms with Crippen molar-refractivity contribution in [2.24, 2.45) is 0 Å². The average Bonchev–Trinajstić information content (AvgIpc) is 2.77. The van der Waals surface area contributed by atoms with Gasteiger partial charge in [0.2, 0.25) is 0 Å². The molecule has 1 N–H and O–H groups in total. The summed E-state index contributed by atoms with van der Waals surface area (Å²) in [4.78, 5) is 0. The highest BCUT2D eigenvalue weighted by atomic mass is 32.1. The maximum Gasteiger partial charge on any atom is 0.0587 e. The summed E-state index contributed by atoms with van der Waals surface area (Å²) in [5.41, 5.74) is 1.44. The van der Waals surface area contributed by atoms with Gasteiger partial charge in [-0.1, -0.05) is 18.2 Å². The number of methoxy groups -OCH3 is 1. The van der Waals surface area contributed by atoms with E-state index in [1.807, 2.05) is 11.3 Å². The van der Waals surface area contributed by atoms with Crippen molar-refractivity contribution in [1.82, 2.24) is 5.32 Å². The number of rotatable bonds is 6. The van der Waals surface area contributed by atoms with Crippen molar-refractivity contribution in [2.45, 2.75) is 6.42 Å². The maximum atomic E-state index is 4.99. The van der Waals surface area contributed by atoms with Crippen LogP contribution in [0, 0.1) is 0 Å². The highest BCUT2D eigenvalue weighted by molar-refractivity contribution is 7.17. The minimum absolute atomic E-state index is 0.781. The van der Waals surface area contributed by atoms with Crippen LogP contribution in [0.25, 0.3) is 10.1 Å². The highest BCUT2D eigenvalue weighted by Crippen LogP contribution is 2.24. The Balaban J connectivity index is 1.91. The van der Waals surface area contributed by atoms with Crippen molar-refractivity contribution in [1.29, 1.82) is 0 Å². The molecule has 0 aliphatic carbocycles. The number of hydrogen-bond acceptors (Lipinski definition) is 3. The summed E-state index contributed by atoms with van der Waals surface area (Å²) < 4.78 is 6.42. The van der Waals surface area contributed by atoms with Crippen LogP contribution in [-0.2, 0) is 11.2 Å². The molecule has 0 atom stereocenters. The Hall–Kier alpha value is -0.900. The second-order valence-corrected chi connectivity index (χ2v) is 4.67. The Morgan fingerprint density at radius 3 is 3.06 bits per heavy atom. The molecular formula is C13H17NOS. The van der Waals surface area contributed by atoms with Crippen LogP contribution in [0.4, 0.5) is 0 Å². The van der Waals surface area contributed by atoms with Gasteiger partial charge in [0, 0.05) is 18.4 Å². The Labute approximate surface area is 100 Å². The summed E-state index contributed by atoms with van der Waals surface area (Å²) in [5, 5.41) is 6.89. The maximum absolute atomic E-state index is 4.99. The molecule has 1 aromatic carbocycles. The minimum atomic E-state index is 0.781. The minimum Gasteiger partial charge on any atom is -0.383 e. The molecule has 2 rings (SSSR count). The lowest BCUT2D eigenvalue weighted by Gasteiger charge is -2.05. The number of nitrogens with one attached hydrogen (secondary N) is 1. The van der Waals surface area contributed by atoms with Crippen LogP contribution in [0.1, 0.15) is 5.56 Å². The fourth-order valence-corrected chi connectivity index (χ4v) is 2.72. The molecule has 16 heavy (non-hydrogen) atoms. The third-order valence-electron chi connectivity index (χ3n) is 2.61. The molecule has 0 unspecified atom stereocenters. The molecular weight excluding hydrogens is 218 g/mol. The molecule has 0 amide bonds.